The third-order valence-corrected chi connectivity index (χ3v) is 3.17. The van der Waals surface area contributed by atoms with Gasteiger partial charge in [0.15, 0.2) is 5.78 Å². The van der Waals surface area contributed by atoms with E-state index in [-0.39, 0.29) is 11.6 Å². The Labute approximate surface area is 119 Å². The fourth-order valence-electron chi connectivity index (χ4n) is 1.70. The number of aryl methyl sites for hydroxylation is 1. The summed E-state index contributed by atoms with van der Waals surface area (Å²) in [6, 6.07) is 12.0. The highest BCUT2D eigenvalue weighted by molar-refractivity contribution is 9.10. The van der Waals surface area contributed by atoms with Crippen molar-refractivity contribution in [1.29, 1.82) is 0 Å². The number of carbonyl (C=O) groups excluding carboxylic acids is 1. The Kier molecular flexibility index (Phi) is 4.27. The van der Waals surface area contributed by atoms with Crippen molar-refractivity contribution in [1.82, 2.24) is 0 Å². The SMILES string of the molecule is Cc1cccc(C(=O)C=Cc2ccc(Br)cc2F)c1. The second-order valence-electron chi connectivity index (χ2n) is 4.23. The Morgan fingerprint density at radius 1 is 1.21 bits per heavy atom. The maximum atomic E-state index is 13.6. The summed E-state index contributed by atoms with van der Waals surface area (Å²) in [5.41, 5.74) is 2.02. The summed E-state index contributed by atoms with van der Waals surface area (Å²) in [4.78, 5) is 11.9. The van der Waals surface area contributed by atoms with Crippen LogP contribution in [0, 0.1) is 12.7 Å². The maximum absolute atomic E-state index is 13.6. The molecule has 0 aliphatic rings. The molecule has 0 heterocycles. The van der Waals surface area contributed by atoms with Crippen molar-refractivity contribution in [3.05, 3.63) is 75.5 Å². The average molecular weight is 319 g/mol. The lowest BCUT2D eigenvalue weighted by atomic mass is 10.1. The molecule has 0 N–H and O–H groups in total. The van der Waals surface area contributed by atoms with Crippen molar-refractivity contribution >= 4 is 27.8 Å². The molecule has 0 radical (unpaired) electrons. The fraction of sp³-hybridized carbons (Fsp3) is 0.0625. The molecule has 0 bridgehead atoms. The second-order valence-corrected chi connectivity index (χ2v) is 5.15. The standard InChI is InChI=1S/C16H12BrFO/c1-11-3-2-4-13(9-11)16(19)8-6-12-5-7-14(17)10-15(12)18/h2-10H,1H3. The molecule has 1 nitrogen and oxygen atoms in total. The molecule has 0 aromatic heterocycles. The van der Waals surface area contributed by atoms with Gasteiger partial charge in [-0.15, -0.1) is 0 Å². The first-order valence-corrected chi connectivity index (χ1v) is 6.60. The molecule has 2 rings (SSSR count). The van der Waals surface area contributed by atoms with Crippen LogP contribution < -0.4 is 0 Å². The van der Waals surface area contributed by atoms with E-state index < -0.39 is 0 Å². The number of hydrogen-bond donors (Lipinski definition) is 0. The number of rotatable bonds is 3. The lowest BCUT2D eigenvalue weighted by molar-refractivity contribution is 0.104. The Morgan fingerprint density at radius 2 is 2.00 bits per heavy atom. The van der Waals surface area contributed by atoms with E-state index in [0.29, 0.717) is 15.6 Å². The number of halogens is 2. The molecule has 2 aromatic carbocycles. The molecule has 0 aliphatic carbocycles. The minimum Gasteiger partial charge on any atom is -0.289 e. The minimum absolute atomic E-state index is 0.133. The zero-order chi connectivity index (χ0) is 13.8. The van der Waals surface area contributed by atoms with Gasteiger partial charge in [-0.2, -0.15) is 0 Å². The largest absolute Gasteiger partial charge is 0.289 e. The van der Waals surface area contributed by atoms with Gasteiger partial charge in [0.25, 0.3) is 0 Å². The van der Waals surface area contributed by atoms with E-state index in [1.807, 2.05) is 25.1 Å². The van der Waals surface area contributed by atoms with E-state index in [1.54, 1.807) is 18.2 Å². The normalized spacial score (nSPS) is 10.9. The van der Waals surface area contributed by atoms with Crippen LogP contribution in [0.1, 0.15) is 21.5 Å². The molecule has 0 amide bonds. The van der Waals surface area contributed by atoms with E-state index in [0.717, 1.165) is 5.56 Å². The molecule has 0 atom stereocenters. The Hall–Kier alpha value is -1.74. The van der Waals surface area contributed by atoms with E-state index in [1.165, 1.54) is 18.2 Å². The van der Waals surface area contributed by atoms with E-state index in [4.69, 9.17) is 0 Å². The van der Waals surface area contributed by atoms with Crippen LogP contribution in [0.25, 0.3) is 6.08 Å². The highest BCUT2D eigenvalue weighted by atomic mass is 79.9. The second kappa shape index (κ2) is 5.93. The summed E-state index contributed by atoms with van der Waals surface area (Å²) in [6.07, 6.45) is 2.88. The number of benzene rings is 2. The van der Waals surface area contributed by atoms with Crippen LogP contribution in [0.3, 0.4) is 0 Å². The lowest BCUT2D eigenvalue weighted by Gasteiger charge is -1.99. The van der Waals surface area contributed by atoms with Crippen LogP contribution in [0.2, 0.25) is 0 Å². The van der Waals surface area contributed by atoms with Crippen LogP contribution in [0.15, 0.2) is 53.0 Å². The molecule has 96 valence electrons. The third-order valence-electron chi connectivity index (χ3n) is 2.68. The Bertz CT molecular complexity index is 647. The number of carbonyl (C=O) groups is 1. The van der Waals surface area contributed by atoms with Gasteiger partial charge in [0.05, 0.1) is 0 Å². The predicted molar refractivity (Wildman–Crippen MR) is 78.6 cm³/mol. The number of hydrogen-bond acceptors (Lipinski definition) is 1. The van der Waals surface area contributed by atoms with E-state index in [9.17, 15) is 9.18 Å². The fourth-order valence-corrected chi connectivity index (χ4v) is 2.03. The first kappa shape index (κ1) is 13.7. The van der Waals surface area contributed by atoms with Crippen molar-refractivity contribution < 1.29 is 9.18 Å². The topological polar surface area (TPSA) is 17.1 Å². The lowest BCUT2D eigenvalue weighted by Crippen LogP contribution is -1.94. The zero-order valence-corrected chi connectivity index (χ0v) is 11.9. The van der Waals surface area contributed by atoms with Crippen molar-refractivity contribution in [2.75, 3.05) is 0 Å². The molecule has 0 fully saturated rings. The highest BCUT2D eigenvalue weighted by Gasteiger charge is 2.03. The molecule has 0 saturated carbocycles. The summed E-state index contributed by atoms with van der Waals surface area (Å²) in [5.74, 6) is -0.492. The van der Waals surface area contributed by atoms with E-state index in [2.05, 4.69) is 15.9 Å². The summed E-state index contributed by atoms with van der Waals surface area (Å²) in [6.45, 7) is 1.93. The molecule has 0 spiro atoms. The molecule has 0 aliphatic heterocycles. The number of ketones is 1. The quantitative estimate of drug-likeness (QED) is 0.587. The van der Waals surface area contributed by atoms with Crippen molar-refractivity contribution in [2.24, 2.45) is 0 Å². The molecule has 0 saturated heterocycles. The van der Waals surface area contributed by atoms with Gasteiger partial charge in [-0.05, 0) is 37.3 Å². The van der Waals surface area contributed by atoms with Crippen LogP contribution in [-0.4, -0.2) is 5.78 Å². The van der Waals surface area contributed by atoms with Gasteiger partial charge in [-0.25, -0.2) is 4.39 Å². The van der Waals surface area contributed by atoms with Crippen molar-refractivity contribution in [3.63, 3.8) is 0 Å². The van der Waals surface area contributed by atoms with Crippen LogP contribution in [0.4, 0.5) is 4.39 Å². The van der Waals surface area contributed by atoms with Crippen molar-refractivity contribution in [2.45, 2.75) is 6.92 Å². The smallest absolute Gasteiger partial charge is 0.185 e. The summed E-state index contributed by atoms with van der Waals surface area (Å²) in [7, 11) is 0. The first-order chi connectivity index (χ1) is 9.06. The van der Waals surface area contributed by atoms with Crippen molar-refractivity contribution in [3.8, 4) is 0 Å². The molecular formula is C16H12BrFO. The predicted octanol–water partition coefficient (Wildman–Crippen LogP) is 4.79. The highest BCUT2D eigenvalue weighted by Crippen LogP contribution is 2.16. The first-order valence-electron chi connectivity index (χ1n) is 5.80. The van der Waals surface area contributed by atoms with Crippen LogP contribution in [0.5, 0.6) is 0 Å². The van der Waals surface area contributed by atoms with Gasteiger partial charge >= 0.3 is 0 Å². The summed E-state index contributed by atoms with van der Waals surface area (Å²) in [5, 5.41) is 0. The van der Waals surface area contributed by atoms with Gasteiger partial charge in [-0.1, -0.05) is 45.8 Å². The van der Waals surface area contributed by atoms with Crippen LogP contribution in [-0.2, 0) is 0 Å². The van der Waals surface area contributed by atoms with E-state index >= 15 is 0 Å². The zero-order valence-electron chi connectivity index (χ0n) is 10.4. The van der Waals surface area contributed by atoms with Gasteiger partial charge in [-0.3, -0.25) is 4.79 Å². The maximum Gasteiger partial charge on any atom is 0.185 e. The Morgan fingerprint density at radius 3 is 2.68 bits per heavy atom. The Balaban J connectivity index is 2.21. The average Bonchev–Trinajstić information content (AvgIpc) is 2.37. The molecule has 19 heavy (non-hydrogen) atoms. The monoisotopic (exact) mass is 318 g/mol. The molecular weight excluding hydrogens is 307 g/mol. The van der Waals surface area contributed by atoms with Gasteiger partial charge < -0.3 is 0 Å². The molecule has 2 aromatic rings. The van der Waals surface area contributed by atoms with Gasteiger partial charge in [0, 0.05) is 15.6 Å². The van der Waals surface area contributed by atoms with Gasteiger partial charge in [0.2, 0.25) is 0 Å². The van der Waals surface area contributed by atoms with Crippen LogP contribution >= 0.6 is 15.9 Å². The molecule has 3 heteroatoms. The summed E-state index contributed by atoms with van der Waals surface area (Å²) < 4.78 is 14.2. The minimum atomic E-state index is -0.359. The molecule has 0 unspecified atom stereocenters. The van der Waals surface area contributed by atoms with Gasteiger partial charge in [0.1, 0.15) is 5.82 Å². The summed E-state index contributed by atoms with van der Waals surface area (Å²) >= 11 is 3.19. The number of allylic oxidation sites excluding steroid dienone is 1. The third kappa shape index (κ3) is 3.61.